The summed E-state index contributed by atoms with van der Waals surface area (Å²) in [6.07, 6.45) is -0.158. The van der Waals surface area contributed by atoms with Crippen molar-refractivity contribution >= 4 is 6.09 Å². The van der Waals surface area contributed by atoms with Crippen molar-refractivity contribution in [2.75, 3.05) is 26.2 Å². The number of ether oxygens (including phenoxy) is 2. The number of benzene rings is 1. The molecule has 3 aliphatic rings. The van der Waals surface area contributed by atoms with Crippen LogP contribution in [0.25, 0.3) is 0 Å². The van der Waals surface area contributed by atoms with E-state index in [1.54, 1.807) is 4.90 Å². The smallest absolute Gasteiger partial charge is 0.410 e. The first kappa shape index (κ1) is 12.4. The number of amides is 1. The van der Waals surface area contributed by atoms with Gasteiger partial charge in [-0.2, -0.15) is 0 Å². The van der Waals surface area contributed by atoms with Crippen LogP contribution < -0.4 is 5.32 Å². The second-order valence-electron chi connectivity index (χ2n) is 4.96. The SMILES string of the molecule is O=C(OCc1ccccc1)N1CC2CNCC1CO2. The quantitative estimate of drug-likeness (QED) is 0.863. The van der Waals surface area contributed by atoms with Gasteiger partial charge in [-0.15, -0.1) is 0 Å². The standard InChI is InChI=1S/C14H18N2O3/c17-14(19-9-11-4-2-1-3-5-11)16-8-13-7-15-6-12(16)10-18-13/h1-5,12-13,15H,6-10H2. The van der Waals surface area contributed by atoms with Crippen LogP contribution in [0.1, 0.15) is 5.56 Å². The average Bonchev–Trinajstić information content (AvgIpc) is 2.81. The Morgan fingerprint density at radius 3 is 3.05 bits per heavy atom. The number of morpholine rings is 1. The number of hydrogen-bond acceptors (Lipinski definition) is 4. The summed E-state index contributed by atoms with van der Waals surface area (Å²) in [4.78, 5) is 13.9. The van der Waals surface area contributed by atoms with Crippen molar-refractivity contribution in [1.29, 1.82) is 0 Å². The van der Waals surface area contributed by atoms with Gasteiger partial charge >= 0.3 is 6.09 Å². The number of nitrogens with zero attached hydrogens (tertiary/aromatic N) is 1. The maximum atomic E-state index is 12.1. The van der Waals surface area contributed by atoms with E-state index in [4.69, 9.17) is 9.47 Å². The van der Waals surface area contributed by atoms with Gasteiger partial charge in [0.2, 0.25) is 0 Å². The van der Waals surface area contributed by atoms with Gasteiger partial charge in [0.25, 0.3) is 0 Å². The summed E-state index contributed by atoms with van der Waals surface area (Å²) < 4.78 is 11.0. The minimum atomic E-state index is -0.245. The van der Waals surface area contributed by atoms with E-state index in [1.165, 1.54) is 0 Å². The zero-order valence-corrected chi connectivity index (χ0v) is 10.7. The van der Waals surface area contributed by atoms with E-state index in [2.05, 4.69) is 5.32 Å². The molecule has 5 heteroatoms. The van der Waals surface area contributed by atoms with Gasteiger partial charge in [0.15, 0.2) is 0 Å². The number of carbonyl (C=O) groups is 1. The van der Waals surface area contributed by atoms with Crippen molar-refractivity contribution in [3.8, 4) is 0 Å². The molecule has 0 spiro atoms. The van der Waals surface area contributed by atoms with Crippen molar-refractivity contribution in [2.24, 2.45) is 0 Å². The largest absolute Gasteiger partial charge is 0.445 e. The maximum Gasteiger partial charge on any atom is 0.410 e. The third kappa shape index (κ3) is 2.88. The van der Waals surface area contributed by atoms with Gasteiger partial charge < -0.3 is 14.8 Å². The Labute approximate surface area is 112 Å². The molecule has 2 atom stereocenters. The monoisotopic (exact) mass is 262 g/mol. The van der Waals surface area contributed by atoms with E-state index in [0.717, 1.165) is 18.7 Å². The van der Waals surface area contributed by atoms with E-state index < -0.39 is 0 Å². The van der Waals surface area contributed by atoms with Crippen LogP contribution in [0.4, 0.5) is 4.79 Å². The molecule has 1 aromatic carbocycles. The predicted molar refractivity (Wildman–Crippen MR) is 69.7 cm³/mol. The highest BCUT2D eigenvalue weighted by Crippen LogP contribution is 2.16. The lowest BCUT2D eigenvalue weighted by Crippen LogP contribution is -2.52. The first-order valence-electron chi connectivity index (χ1n) is 6.62. The maximum absolute atomic E-state index is 12.1. The summed E-state index contributed by atoms with van der Waals surface area (Å²) >= 11 is 0. The van der Waals surface area contributed by atoms with Crippen LogP contribution in [0.5, 0.6) is 0 Å². The van der Waals surface area contributed by atoms with Crippen molar-refractivity contribution in [2.45, 2.75) is 18.8 Å². The summed E-state index contributed by atoms with van der Waals surface area (Å²) in [6, 6.07) is 9.81. The summed E-state index contributed by atoms with van der Waals surface area (Å²) in [5, 5.41) is 3.29. The molecule has 3 saturated heterocycles. The van der Waals surface area contributed by atoms with Crippen LogP contribution >= 0.6 is 0 Å². The third-order valence-electron chi connectivity index (χ3n) is 3.56. The van der Waals surface area contributed by atoms with Gasteiger partial charge in [0.05, 0.1) is 25.3 Å². The fourth-order valence-corrected chi connectivity index (χ4v) is 2.49. The number of rotatable bonds is 2. The highest BCUT2D eigenvalue weighted by Gasteiger charge is 2.35. The Balaban J connectivity index is 1.58. The van der Waals surface area contributed by atoms with Gasteiger partial charge in [-0.05, 0) is 5.56 Å². The van der Waals surface area contributed by atoms with Gasteiger partial charge in [-0.25, -0.2) is 4.79 Å². The summed E-state index contributed by atoms with van der Waals surface area (Å²) in [5.41, 5.74) is 1.00. The Bertz CT molecular complexity index is 434. The zero-order valence-electron chi connectivity index (χ0n) is 10.7. The number of fused-ring (bicyclic) bond motifs is 4. The lowest BCUT2D eigenvalue weighted by atomic mass is 10.2. The minimum absolute atomic E-state index is 0.0852. The molecule has 1 N–H and O–H groups in total. The molecule has 19 heavy (non-hydrogen) atoms. The molecule has 1 aromatic rings. The fourth-order valence-electron chi connectivity index (χ4n) is 2.49. The first-order chi connectivity index (χ1) is 9.33. The number of nitrogens with one attached hydrogen (secondary N) is 1. The van der Waals surface area contributed by atoms with Gasteiger partial charge in [-0.1, -0.05) is 30.3 Å². The first-order valence-corrected chi connectivity index (χ1v) is 6.62. The van der Waals surface area contributed by atoms with Gasteiger partial charge in [-0.3, -0.25) is 4.90 Å². The van der Waals surface area contributed by atoms with Crippen LogP contribution in [-0.2, 0) is 16.1 Å². The van der Waals surface area contributed by atoms with Crippen molar-refractivity contribution in [1.82, 2.24) is 10.2 Å². The van der Waals surface area contributed by atoms with Crippen LogP contribution in [-0.4, -0.2) is 49.4 Å². The molecule has 1 amide bonds. The van der Waals surface area contributed by atoms with Gasteiger partial charge in [0, 0.05) is 13.1 Å². The zero-order chi connectivity index (χ0) is 13.1. The molecule has 102 valence electrons. The summed E-state index contributed by atoms with van der Waals surface area (Å²) in [5.74, 6) is 0. The molecule has 0 aliphatic carbocycles. The highest BCUT2D eigenvalue weighted by atomic mass is 16.6. The second kappa shape index (κ2) is 5.59. The second-order valence-corrected chi connectivity index (χ2v) is 4.96. The molecule has 3 aliphatic heterocycles. The molecule has 0 radical (unpaired) electrons. The predicted octanol–water partition coefficient (Wildman–Crippen LogP) is 0.996. The van der Waals surface area contributed by atoms with E-state index in [1.807, 2.05) is 30.3 Å². The Morgan fingerprint density at radius 2 is 2.21 bits per heavy atom. The van der Waals surface area contributed by atoms with E-state index >= 15 is 0 Å². The highest BCUT2D eigenvalue weighted by molar-refractivity contribution is 5.68. The molecular formula is C14H18N2O3. The van der Waals surface area contributed by atoms with E-state index in [9.17, 15) is 4.79 Å². The third-order valence-corrected chi connectivity index (χ3v) is 3.56. The molecule has 5 nitrogen and oxygen atoms in total. The Morgan fingerprint density at radius 1 is 1.37 bits per heavy atom. The summed E-state index contributed by atoms with van der Waals surface area (Å²) in [6.45, 7) is 3.11. The van der Waals surface area contributed by atoms with Crippen LogP contribution in [0, 0.1) is 0 Å². The molecule has 2 unspecified atom stereocenters. The summed E-state index contributed by atoms with van der Waals surface area (Å²) in [7, 11) is 0. The van der Waals surface area contributed by atoms with Crippen molar-refractivity contribution in [3.05, 3.63) is 35.9 Å². The van der Waals surface area contributed by atoms with Crippen molar-refractivity contribution < 1.29 is 14.3 Å². The van der Waals surface area contributed by atoms with Crippen molar-refractivity contribution in [3.63, 3.8) is 0 Å². The van der Waals surface area contributed by atoms with Crippen LogP contribution in [0.15, 0.2) is 30.3 Å². The van der Waals surface area contributed by atoms with E-state index in [-0.39, 0.29) is 18.2 Å². The molecule has 3 heterocycles. The Kier molecular flexibility index (Phi) is 3.66. The molecule has 0 saturated carbocycles. The lowest BCUT2D eigenvalue weighted by molar-refractivity contribution is -0.0399. The lowest BCUT2D eigenvalue weighted by Gasteiger charge is -2.35. The average molecular weight is 262 g/mol. The molecule has 2 bridgehead atoms. The molecule has 3 fully saturated rings. The normalized spacial score (nSPS) is 26.0. The van der Waals surface area contributed by atoms with Crippen LogP contribution in [0.3, 0.4) is 0 Å². The minimum Gasteiger partial charge on any atom is -0.445 e. The molecule has 4 rings (SSSR count). The topological polar surface area (TPSA) is 50.8 Å². The number of carbonyl (C=O) groups excluding carboxylic acids is 1. The number of hydrogen-bond donors (Lipinski definition) is 1. The van der Waals surface area contributed by atoms with E-state index in [0.29, 0.717) is 19.8 Å². The fraction of sp³-hybridized carbons (Fsp3) is 0.500. The molecular weight excluding hydrogens is 244 g/mol. The Hall–Kier alpha value is -1.59. The van der Waals surface area contributed by atoms with Crippen LogP contribution in [0.2, 0.25) is 0 Å². The molecule has 0 aromatic heterocycles. The van der Waals surface area contributed by atoms with Gasteiger partial charge in [0.1, 0.15) is 6.61 Å².